The van der Waals surface area contributed by atoms with Gasteiger partial charge < -0.3 is 13.9 Å². The maximum absolute atomic E-state index is 15.1. The fraction of sp³-hybridized carbons (Fsp3) is 0.231. The Bertz CT molecular complexity index is 1430. The fourth-order valence-corrected chi connectivity index (χ4v) is 4.77. The minimum absolute atomic E-state index is 0.300. The van der Waals surface area contributed by atoms with Gasteiger partial charge >= 0.3 is 5.97 Å². The molecule has 5 rings (SSSR count). The molecule has 0 N–H and O–H groups in total. The summed E-state index contributed by atoms with van der Waals surface area (Å²) in [6.07, 6.45) is 5.24. The second kappa shape index (κ2) is 8.19. The third-order valence-electron chi connectivity index (χ3n) is 6.15. The van der Waals surface area contributed by atoms with E-state index in [-0.39, 0.29) is 0 Å². The number of ether oxygens (including phenoxy) is 2. The van der Waals surface area contributed by atoms with E-state index in [1.54, 1.807) is 6.07 Å². The lowest BCUT2D eigenvalue weighted by atomic mass is 9.89. The lowest BCUT2D eigenvalue weighted by molar-refractivity contribution is 0.0600. The number of nitrogens with zero attached hydrogens (tertiary/aromatic N) is 2. The number of aryl methyl sites for hydroxylation is 1. The maximum atomic E-state index is 15.1. The number of rotatable bonds is 3. The van der Waals surface area contributed by atoms with Gasteiger partial charge in [-0.2, -0.15) is 0 Å². The molecule has 0 aliphatic carbocycles. The lowest BCUT2D eigenvalue weighted by Crippen LogP contribution is -2.14. The molecule has 0 radical (unpaired) electrons. The van der Waals surface area contributed by atoms with E-state index in [9.17, 15) is 4.79 Å². The highest BCUT2D eigenvalue weighted by Gasteiger charge is 2.27. The number of benzene rings is 2. The number of hydrogen-bond acceptors (Lipinski definition) is 4. The zero-order chi connectivity index (χ0) is 23.3. The maximum Gasteiger partial charge on any atom is 0.338 e. The van der Waals surface area contributed by atoms with Crippen LogP contribution in [0.4, 0.5) is 4.39 Å². The Kier molecular flexibility index (Phi) is 5.33. The highest BCUT2D eigenvalue weighted by Crippen LogP contribution is 2.41. The van der Waals surface area contributed by atoms with Crippen molar-refractivity contribution in [3.63, 3.8) is 0 Å². The number of hydrogen-bond donors (Lipinski definition) is 0. The first kappa shape index (κ1) is 21.5. The van der Waals surface area contributed by atoms with E-state index in [0.29, 0.717) is 57.4 Å². The van der Waals surface area contributed by atoms with Gasteiger partial charge in [-0.1, -0.05) is 23.7 Å². The highest BCUT2D eigenvalue weighted by atomic mass is 35.5. The van der Waals surface area contributed by atoms with Gasteiger partial charge in [0.25, 0.3) is 0 Å². The van der Waals surface area contributed by atoms with E-state index in [4.69, 9.17) is 26.1 Å². The second-order valence-electron chi connectivity index (χ2n) is 8.21. The largest absolute Gasteiger partial charge is 0.490 e. The predicted molar refractivity (Wildman–Crippen MR) is 126 cm³/mol. The zero-order valence-electron chi connectivity index (χ0n) is 18.5. The minimum atomic E-state index is -0.494. The Balaban J connectivity index is 1.85. The van der Waals surface area contributed by atoms with E-state index in [1.165, 1.54) is 13.2 Å². The standard InChI is InChI=1S/C26H22ClFN2O3/c1-14-12-30-13-21(16-6-4-7-17(27)10-16)29-25(30)23(22(14)26(31)32-3)19-11-20(28)24-18(15(19)2)8-5-9-33-24/h4,6-7,10-13H,5,8-9H2,1-3H3. The average molecular weight is 465 g/mol. The number of pyridine rings is 1. The monoisotopic (exact) mass is 464 g/mol. The number of aromatic nitrogens is 2. The number of fused-ring (bicyclic) bond motifs is 2. The van der Waals surface area contributed by atoms with Crippen molar-refractivity contribution in [2.24, 2.45) is 0 Å². The van der Waals surface area contributed by atoms with Gasteiger partial charge in [0.2, 0.25) is 0 Å². The molecule has 0 amide bonds. The molecule has 2 aromatic heterocycles. The second-order valence-corrected chi connectivity index (χ2v) is 8.65. The van der Waals surface area contributed by atoms with Crippen LogP contribution in [-0.4, -0.2) is 29.1 Å². The highest BCUT2D eigenvalue weighted by molar-refractivity contribution is 6.30. The molecule has 168 valence electrons. The summed E-state index contributed by atoms with van der Waals surface area (Å²) in [5, 5.41) is 0.601. The van der Waals surface area contributed by atoms with Gasteiger partial charge in [0, 0.05) is 34.1 Å². The van der Waals surface area contributed by atoms with E-state index in [1.807, 2.05) is 48.8 Å². The van der Waals surface area contributed by atoms with Gasteiger partial charge in [-0.25, -0.2) is 14.2 Å². The number of carbonyl (C=O) groups excluding carboxylic acids is 1. The van der Waals surface area contributed by atoms with Gasteiger partial charge in [0.1, 0.15) is 5.65 Å². The van der Waals surface area contributed by atoms with Crippen molar-refractivity contribution in [1.29, 1.82) is 0 Å². The molecule has 7 heteroatoms. The summed E-state index contributed by atoms with van der Waals surface area (Å²) in [6, 6.07) is 8.85. The van der Waals surface area contributed by atoms with E-state index in [2.05, 4.69) is 0 Å². The summed E-state index contributed by atoms with van der Waals surface area (Å²) >= 11 is 6.19. The normalized spacial score (nSPS) is 13.0. The van der Waals surface area contributed by atoms with Crippen LogP contribution in [0.2, 0.25) is 5.02 Å². The van der Waals surface area contributed by atoms with Crippen LogP contribution in [0.25, 0.3) is 28.0 Å². The predicted octanol–water partition coefficient (Wildman–Crippen LogP) is 6.19. The van der Waals surface area contributed by atoms with E-state index in [0.717, 1.165) is 23.1 Å². The summed E-state index contributed by atoms with van der Waals surface area (Å²) in [4.78, 5) is 17.7. The van der Waals surface area contributed by atoms with Gasteiger partial charge in [-0.05, 0) is 61.6 Å². The van der Waals surface area contributed by atoms with Gasteiger partial charge in [0.05, 0.1) is 25.0 Å². The fourth-order valence-electron chi connectivity index (χ4n) is 4.58. The van der Waals surface area contributed by atoms with Gasteiger partial charge in [-0.15, -0.1) is 0 Å². The molecule has 0 spiro atoms. The van der Waals surface area contributed by atoms with Crippen molar-refractivity contribution in [2.45, 2.75) is 26.7 Å². The van der Waals surface area contributed by atoms with Crippen LogP contribution in [0.15, 0.2) is 42.7 Å². The van der Waals surface area contributed by atoms with Crippen molar-refractivity contribution in [3.8, 4) is 28.1 Å². The summed E-state index contributed by atoms with van der Waals surface area (Å²) < 4.78 is 27.7. The summed E-state index contributed by atoms with van der Waals surface area (Å²) in [6.45, 7) is 4.26. The van der Waals surface area contributed by atoms with Crippen LogP contribution in [0, 0.1) is 19.7 Å². The van der Waals surface area contributed by atoms with Crippen molar-refractivity contribution >= 4 is 23.2 Å². The molecule has 1 aliphatic heterocycles. The first-order chi connectivity index (χ1) is 15.9. The average Bonchev–Trinajstić information content (AvgIpc) is 3.24. The molecule has 0 bridgehead atoms. The first-order valence-electron chi connectivity index (χ1n) is 10.7. The van der Waals surface area contributed by atoms with Crippen LogP contribution in [-0.2, 0) is 11.2 Å². The Labute approximate surface area is 195 Å². The first-order valence-corrected chi connectivity index (χ1v) is 11.1. The molecular weight excluding hydrogens is 443 g/mol. The minimum Gasteiger partial charge on any atom is -0.490 e. The molecule has 0 saturated heterocycles. The molecule has 4 aromatic rings. The third-order valence-corrected chi connectivity index (χ3v) is 6.38. The molecular formula is C26H22ClFN2O3. The smallest absolute Gasteiger partial charge is 0.338 e. The molecule has 3 heterocycles. The lowest BCUT2D eigenvalue weighted by Gasteiger charge is -2.23. The van der Waals surface area contributed by atoms with Gasteiger partial charge in [-0.3, -0.25) is 0 Å². The van der Waals surface area contributed by atoms with Crippen molar-refractivity contribution in [2.75, 3.05) is 13.7 Å². The molecule has 0 saturated carbocycles. The quantitative estimate of drug-likeness (QED) is 0.339. The Morgan fingerprint density at radius 1 is 1.24 bits per heavy atom. The van der Waals surface area contributed by atoms with Crippen LogP contribution in [0.1, 0.15) is 33.5 Å². The zero-order valence-corrected chi connectivity index (χ0v) is 19.3. The Hall–Kier alpha value is -3.38. The molecule has 2 aromatic carbocycles. The molecule has 1 aliphatic rings. The summed E-state index contributed by atoms with van der Waals surface area (Å²) in [7, 11) is 1.34. The van der Waals surface area contributed by atoms with Gasteiger partial charge in [0.15, 0.2) is 11.6 Å². The molecule has 0 fully saturated rings. The van der Waals surface area contributed by atoms with Crippen LogP contribution >= 0.6 is 11.6 Å². The number of carbonyl (C=O) groups is 1. The number of halogens is 2. The van der Waals surface area contributed by atoms with Crippen molar-refractivity contribution < 1.29 is 18.7 Å². The molecule has 33 heavy (non-hydrogen) atoms. The summed E-state index contributed by atoms with van der Waals surface area (Å²) in [5.41, 5.74) is 5.99. The molecule has 0 unspecified atom stereocenters. The SMILES string of the molecule is COC(=O)c1c(C)cn2cc(-c3cccc(Cl)c3)nc2c1-c1cc(F)c2c(c1C)CCCO2. The van der Waals surface area contributed by atoms with Crippen molar-refractivity contribution in [1.82, 2.24) is 9.38 Å². The van der Waals surface area contributed by atoms with Crippen LogP contribution in [0.5, 0.6) is 5.75 Å². The Morgan fingerprint density at radius 3 is 2.82 bits per heavy atom. The topological polar surface area (TPSA) is 52.8 Å². The van der Waals surface area contributed by atoms with Crippen molar-refractivity contribution in [3.05, 3.63) is 75.8 Å². The summed E-state index contributed by atoms with van der Waals surface area (Å²) in [5.74, 6) is -0.637. The van der Waals surface area contributed by atoms with E-state index < -0.39 is 11.8 Å². The molecule has 5 nitrogen and oxygen atoms in total. The number of esters is 1. The van der Waals surface area contributed by atoms with Crippen LogP contribution < -0.4 is 4.74 Å². The number of imidazole rings is 1. The van der Waals surface area contributed by atoms with E-state index >= 15 is 4.39 Å². The Morgan fingerprint density at radius 2 is 2.06 bits per heavy atom. The third kappa shape index (κ3) is 3.55. The molecule has 0 atom stereocenters. The van der Waals surface area contributed by atoms with Crippen LogP contribution in [0.3, 0.4) is 0 Å². The number of methoxy groups -OCH3 is 1.